The Bertz CT molecular complexity index is 1770. The van der Waals surface area contributed by atoms with E-state index in [1.54, 1.807) is 66.8 Å². The third-order valence-electron chi connectivity index (χ3n) is 6.21. The Morgan fingerprint density at radius 2 is 1.59 bits per heavy atom. The van der Waals surface area contributed by atoms with Gasteiger partial charge in [0.15, 0.2) is 11.6 Å². The van der Waals surface area contributed by atoms with E-state index in [1.807, 2.05) is 6.07 Å². The molecular formula is C29H28N6O5S. The van der Waals surface area contributed by atoms with Crippen molar-refractivity contribution in [2.24, 2.45) is 5.73 Å². The number of para-hydroxylation sites is 2. The molecule has 0 spiro atoms. The van der Waals surface area contributed by atoms with Crippen LogP contribution in [0.25, 0.3) is 11.0 Å². The Labute approximate surface area is 237 Å². The van der Waals surface area contributed by atoms with Crippen LogP contribution in [0.4, 0.5) is 23.0 Å². The molecule has 1 amide bonds. The maximum Gasteiger partial charge on any atom is 0.263 e. The number of carbonyl (C=O) groups excluding carboxylic acids is 1. The smallest absolute Gasteiger partial charge is 0.263 e. The second-order valence-electron chi connectivity index (χ2n) is 9.14. The highest BCUT2D eigenvalue weighted by Crippen LogP contribution is 2.31. The molecule has 11 nitrogen and oxygen atoms in total. The van der Waals surface area contributed by atoms with Crippen molar-refractivity contribution in [1.82, 2.24) is 9.97 Å². The van der Waals surface area contributed by atoms with Crippen LogP contribution >= 0.6 is 0 Å². The number of anilines is 4. The summed E-state index contributed by atoms with van der Waals surface area (Å²) >= 11 is 0. The van der Waals surface area contributed by atoms with E-state index in [0.717, 1.165) is 0 Å². The van der Waals surface area contributed by atoms with Gasteiger partial charge in [0.25, 0.3) is 15.9 Å². The van der Waals surface area contributed by atoms with Gasteiger partial charge in [-0.1, -0.05) is 36.4 Å². The lowest BCUT2D eigenvalue weighted by Gasteiger charge is -2.16. The summed E-state index contributed by atoms with van der Waals surface area (Å²) in [6.07, 6.45) is 5.68. The van der Waals surface area contributed by atoms with Crippen LogP contribution in [0.5, 0.6) is 11.5 Å². The van der Waals surface area contributed by atoms with Gasteiger partial charge in [0, 0.05) is 41.2 Å². The van der Waals surface area contributed by atoms with Crippen LogP contribution in [-0.2, 0) is 14.8 Å². The number of nitrogens with one attached hydrogen (secondary N) is 3. The van der Waals surface area contributed by atoms with Gasteiger partial charge in [0.1, 0.15) is 11.5 Å². The van der Waals surface area contributed by atoms with Crippen molar-refractivity contribution in [2.45, 2.75) is 17.4 Å². The van der Waals surface area contributed by atoms with Crippen LogP contribution in [-0.4, -0.2) is 44.6 Å². The Kier molecular flexibility index (Phi) is 7.86. The number of fused-ring (bicyclic) bond motifs is 1. The number of methoxy groups -OCH3 is 2. The first-order valence-corrected chi connectivity index (χ1v) is 14.1. The van der Waals surface area contributed by atoms with E-state index < -0.39 is 10.0 Å². The number of ether oxygens (including phenoxy) is 2. The highest BCUT2D eigenvalue weighted by Gasteiger charge is 2.21. The number of nitrogens with zero attached hydrogens (tertiary/aromatic N) is 2. The van der Waals surface area contributed by atoms with Gasteiger partial charge < -0.3 is 25.8 Å². The topological polar surface area (TPSA) is 158 Å². The SMILES string of the molecule is COc1cc(Nc2nc3ccccc3nc2NS(=O)(=O)c2cccc(NC(=O)C3=CCC(N)C=C3)c2)cc(OC)c1. The molecule has 12 heteroatoms. The number of amides is 1. The van der Waals surface area contributed by atoms with Gasteiger partial charge in [0.05, 0.1) is 30.1 Å². The van der Waals surface area contributed by atoms with Crippen molar-refractivity contribution >= 4 is 50.0 Å². The van der Waals surface area contributed by atoms with E-state index >= 15 is 0 Å². The summed E-state index contributed by atoms with van der Waals surface area (Å²) in [6, 6.07) is 18.1. The number of nitrogens with two attached hydrogens (primary N) is 1. The molecule has 1 aliphatic rings. The molecule has 5 rings (SSSR count). The highest BCUT2D eigenvalue weighted by atomic mass is 32.2. The number of hydrogen-bond acceptors (Lipinski definition) is 9. The number of sulfonamides is 1. The predicted octanol–water partition coefficient (Wildman–Crippen LogP) is 4.34. The summed E-state index contributed by atoms with van der Waals surface area (Å²) in [6.45, 7) is 0. The van der Waals surface area contributed by atoms with Crippen LogP contribution in [0.3, 0.4) is 0 Å². The van der Waals surface area contributed by atoms with Gasteiger partial charge in [-0.2, -0.15) is 0 Å². The lowest BCUT2D eigenvalue weighted by molar-refractivity contribution is -0.112. The minimum Gasteiger partial charge on any atom is -0.497 e. The second kappa shape index (κ2) is 11.7. The Hall–Kier alpha value is -4.94. The van der Waals surface area contributed by atoms with Crippen LogP contribution in [0, 0.1) is 0 Å². The third kappa shape index (κ3) is 6.45. The average Bonchev–Trinajstić information content (AvgIpc) is 2.97. The van der Waals surface area contributed by atoms with Crippen LogP contribution in [0.2, 0.25) is 0 Å². The summed E-state index contributed by atoms with van der Waals surface area (Å²) in [4.78, 5) is 21.7. The van der Waals surface area contributed by atoms with Crippen molar-refractivity contribution in [3.8, 4) is 11.5 Å². The molecule has 1 heterocycles. The lowest BCUT2D eigenvalue weighted by Crippen LogP contribution is -2.21. The first-order chi connectivity index (χ1) is 19.7. The third-order valence-corrected chi connectivity index (χ3v) is 7.55. The van der Waals surface area contributed by atoms with Crippen LogP contribution in [0.15, 0.2) is 95.4 Å². The second-order valence-corrected chi connectivity index (χ2v) is 10.8. The minimum atomic E-state index is -4.15. The molecule has 41 heavy (non-hydrogen) atoms. The molecule has 0 saturated carbocycles. The van der Waals surface area contributed by atoms with Gasteiger partial charge in [0.2, 0.25) is 0 Å². The van der Waals surface area contributed by atoms with Gasteiger partial charge >= 0.3 is 0 Å². The highest BCUT2D eigenvalue weighted by molar-refractivity contribution is 7.92. The molecule has 210 valence electrons. The van der Waals surface area contributed by atoms with Crippen molar-refractivity contribution in [3.63, 3.8) is 0 Å². The molecule has 1 atom stereocenters. The molecule has 0 radical (unpaired) electrons. The summed E-state index contributed by atoms with van der Waals surface area (Å²) < 4.78 is 40.3. The molecule has 0 aliphatic heterocycles. The molecule has 4 aromatic rings. The van der Waals surface area contributed by atoms with Crippen molar-refractivity contribution in [2.75, 3.05) is 29.6 Å². The number of aromatic nitrogens is 2. The predicted molar refractivity (Wildman–Crippen MR) is 158 cm³/mol. The van der Waals surface area contributed by atoms with E-state index in [4.69, 9.17) is 15.2 Å². The lowest BCUT2D eigenvalue weighted by atomic mass is 10.0. The molecule has 1 aliphatic carbocycles. The zero-order chi connectivity index (χ0) is 29.0. The molecule has 0 saturated heterocycles. The van der Waals surface area contributed by atoms with E-state index in [2.05, 4.69) is 25.3 Å². The Morgan fingerprint density at radius 1 is 0.902 bits per heavy atom. The molecule has 0 bridgehead atoms. The van der Waals surface area contributed by atoms with Gasteiger partial charge in [-0.05, 0) is 36.8 Å². The summed E-state index contributed by atoms with van der Waals surface area (Å²) in [5.41, 5.74) is 8.19. The van der Waals surface area contributed by atoms with E-state index in [0.29, 0.717) is 45.9 Å². The Morgan fingerprint density at radius 3 is 2.22 bits per heavy atom. The maximum absolute atomic E-state index is 13.5. The summed E-state index contributed by atoms with van der Waals surface area (Å²) in [5, 5.41) is 5.86. The molecular weight excluding hydrogens is 544 g/mol. The molecule has 1 aromatic heterocycles. The summed E-state index contributed by atoms with van der Waals surface area (Å²) in [7, 11) is -1.09. The van der Waals surface area contributed by atoms with Crippen LogP contribution in [0.1, 0.15) is 6.42 Å². The fourth-order valence-electron chi connectivity index (χ4n) is 4.11. The molecule has 5 N–H and O–H groups in total. The summed E-state index contributed by atoms with van der Waals surface area (Å²) in [5.74, 6) is 0.846. The number of carbonyl (C=O) groups is 1. The van der Waals surface area contributed by atoms with Gasteiger partial charge in [-0.25, -0.2) is 18.4 Å². The Balaban J connectivity index is 1.45. The van der Waals surface area contributed by atoms with E-state index in [1.165, 1.54) is 26.4 Å². The van der Waals surface area contributed by atoms with Crippen molar-refractivity contribution in [3.05, 3.63) is 90.5 Å². The number of benzene rings is 3. The largest absolute Gasteiger partial charge is 0.497 e. The fourth-order valence-corrected chi connectivity index (χ4v) is 5.17. The van der Waals surface area contributed by atoms with Crippen LogP contribution < -0.4 is 30.6 Å². The number of rotatable bonds is 9. The monoisotopic (exact) mass is 572 g/mol. The molecule has 3 aromatic carbocycles. The molecule has 0 fully saturated rings. The zero-order valence-corrected chi connectivity index (χ0v) is 23.1. The fraction of sp³-hybridized carbons (Fsp3) is 0.138. The van der Waals surface area contributed by atoms with Crippen molar-refractivity contribution < 1.29 is 22.7 Å². The quantitative estimate of drug-likeness (QED) is 0.229. The standard InChI is InChI=1S/C29H28N6O5S/c1-39-22-14-21(15-23(17-22)40-2)31-27-28(34-26-9-4-3-8-25(26)33-27)35-41(37,38)24-7-5-6-20(16-24)32-29(36)18-10-12-19(30)13-11-18/h3-12,14-17,19H,13,30H2,1-2H3,(H,31,33)(H,32,36)(H,34,35). The maximum atomic E-state index is 13.5. The first kappa shape index (κ1) is 27.6. The van der Waals surface area contributed by atoms with E-state index in [9.17, 15) is 13.2 Å². The first-order valence-electron chi connectivity index (χ1n) is 12.6. The average molecular weight is 573 g/mol. The minimum absolute atomic E-state index is 0.0197. The zero-order valence-electron chi connectivity index (χ0n) is 22.3. The van der Waals surface area contributed by atoms with E-state index in [-0.39, 0.29) is 28.5 Å². The van der Waals surface area contributed by atoms with Gasteiger partial charge in [-0.3, -0.25) is 9.52 Å². The van der Waals surface area contributed by atoms with Crippen molar-refractivity contribution in [1.29, 1.82) is 0 Å². The molecule has 1 unspecified atom stereocenters. The number of hydrogen-bond donors (Lipinski definition) is 4. The van der Waals surface area contributed by atoms with Gasteiger partial charge in [-0.15, -0.1) is 0 Å². The normalized spacial score (nSPS) is 14.7.